The molecule has 2 aromatic carbocycles. The third-order valence-corrected chi connectivity index (χ3v) is 4.60. The number of aromatic nitrogens is 2. The van der Waals surface area contributed by atoms with Crippen LogP contribution < -0.4 is 4.90 Å². The second-order valence-corrected chi connectivity index (χ2v) is 6.58. The van der Waals surface area contributed by atoms with Gasteiger partial charge in [-0.15, -0.1) is 0 Å². The standard InChI is InChI=1S/C22H20ClN3O3/c1-3-29-21(28)19-17(14-24-22(23)25-19)26(2)20(27)18(15-10-6-4-7-11-15)16-12-8-5-9-13-16/h4-14,18H,3H2,1-2H3. The Kier molecular flexibility index (Phi) is 6.57. The minimum Gasteiger partial charge on any atom is -0.461 e. The van der Waals surface area contributed by atoms with E-state index in [9.17, 15) is 9.59 Å². The number of esters is 1. The molecular formula is C22H20ClN3O3. The van der Waals surface area contributed by atoms with E-state index >= 15 is 0 Å². The first kappa shape index (κ1) is 20.5. The zero-order valence-electron chi connectivity index (χ0n) is 16.1. The van der Waals surface area contributed by atoms with E-state index in [2.05, 4.69) is 9.97 Å². The van der Waals surface area contributed by atoms with Crippen molar-refractivity contribution in [1.82, 2.24) is 9.97 Å². The molecule has 1 aromatic heterocycles. The highest BCUT2D eigenvalue weighted by molar-refractivity contribution is 6.28. The molecular weight excluding hydrogens is 390 g/mol. The van der Waals surface area contributed by atoms with Crippen LogP contribution in [0.15, 0.2) is 66.9 Å². The van der Waals surface area contributed by atoms with Crippen molar-refractivity contribution in [3.8, 4) is 0 Å². The van der Waals surface area contributed by atoms with Gasteiger partial charge in [0.05, 0.1) is 24.4 Å². The predicted octanol–water partition coefficient (Wildman–Crippen LogP) is 4.10. The summed E-state index contributed by atoms with van der Waals surface area (Å²) in [5.41, 5.74) is 1.85. The van der Waals surface area contributed by atoms with Crippen LogP contribution in [-0.2, 0) is 9.53 Å². The molecule has 0 atom stereocenters. The van der Waals surface area contributed by atoms with Crippen LogP contribution in [0.2, 0.25) is 5.28 Å². The van der Waals surface area contributed by atoms with E-state index in [1.807, 2.05) is 60.7 Å². The summed E-state index contributed by atoms with van der Waals surface area (Å²) in [5.74, 6) is -1.46. The van der Waals surface area contributed by atoms with Crippen LogP contribution in [0.1, 0.15) is 34.5 Å². The number of halogens is 1. The van der Waals surface area contributed by atoms with Crippen molar-refractivity contribution < 1.29 is 14.3 Å². The Balaban J connectivity index is 2.04. The maximum atomic E-state index is 13.5. The number of hydrogen-bond acceptors (Lipinski definition) is 5. The van der Waals surface area contributed by atoms with Gasteiger partial charge in [0.15, 0.2) is 5.69 Å². The maximum absolute atomic E-state index is 13.5. The van der Waals surface area contributed by atoms with Crippen LogP contribution in [0.4, 0.5) is 5.69 Å². The molecule has 0 saturated heterocycles. The van der Waals surface area contributed by atoms with Crippen LogP contribution in [0.3, 0.4) is 0 Å². The Bertz CT molecular complexity index is 957. The lowest BCUT2D eigenvalue weighted by Crippen LogP contribution is -2.34. The number of ether oxygens (including phenoxy) is 1. The van der Waals surface area contributed by atoms with Gasteiger partial charge in [-0.1, -0.05) is 60.7 Å². The molecule has 0 N–H and O–H groups in total. The van der Waals surface area contributed by atoms with Gasteiger partial charge >= 0.3 is 5.97 Å². The molecule has 3 rings (SSSR count). The average Bonchev–Trinajstić information content (AvgIpc) is 2.75. The topological polar surface area (TPSA) is 72.4 Å². The van der Waals surface area contributed by atoms with Crippen LogP contribution in [0.25, 0.3) is 0 Å². The van der Waals surface area contributed by atoms with Gasteiger partial charge in [-0.3, -0.25) is 4.79 Å². The van der Waals surface area contributed by atoms with Crippen molar-refractivity contribution >= 4 is 29.2 Å². The quantitative estimate of drug-likeness (QED) is 0.452. The van der Waals surface area contributed by atoms with Crippen LogP contribution in [0.5, 0.6) is 0 Å². The SMILES string of the molecule is CCOC(=O)c1nc(Cl)ncc1N(C)C(=O)C(c1ccccc1)c1ccccc1. The van der Waals surface area contributed by atoms with Gasteiger partial charge in [0.25, 0.3) is 0 Å². The molecule has 0 bridgehead atoms. The first-order valence-electron chi connectivity index (χ1n) is 9.10. The normalized spacial score (nSPS) is 10.6. The third-order valence-electron chi connectivity index (χ3n) is 4.41. The molecule has 7 heteroatoms. The van der Waals surface area contributed by atoms with Gasteiger partial charge < -0.3 is 9.64 Å². The lowest BCUT2D eigenvalue weighted by Gasteiger charge is -2.25. The van der Waals surface area contributed by atoms with Gasteiger partial charge in [-0.05, 0) is 29.7 Å². The number of nitrogens with zero attached hydrogens (tertiary/aromatic N) is 3. The molecule has 3 aromatic rings. The number of amides is 1. The predicted molar refractivity (Wildman–Crippen MR) is 111 cm³/mol. The first-order valence-corrected chi connectivity index (χ1v) is 9.47. The molecule has 0 aliphatic heterocycles. The summed E-state index contributed by atoms with van der Waals surface area (Å²) in [6, 6.07) is 18.9. The monoisotopic (exact) mass is 409 g/mol. The molecule has 0 fully saturated rings. The third kappa shape index (κ3) is 4.60. The molecule has 1 amide bonds. The van der Waals surface area contributed by atoms with E-state index < -0.39 is 11.9 Å². The Hall–Kier alpha value is -3.25. The number of likely N-dealkylation sites (N-methyl/N-ethyl adjacent to an activating group) is 1. The summed E-state index contributed by atoms with van der Waals surface area (Å²) in [4.78, 5) is 35.2. The number of carbonyl (C=O) groups is 2. The number of hydrogen-bond donors (Lipinski definition) is 0. The van der Waals surface area contributed by atoms with E-state index in [1.54, 1.807) is 14.0 Å². The van der Waals surface area contributed by atoms with Gasteiger partial charge in [-0.25, -0.2) is 14.8 Å². The van der Waals surface area contributed by atoms with Crippen LogP contribution in [-0.4, -0.2) is 35.5 Å². The fraction of sp³-hybridized carbons (Fsp3) is 0.182. The summed E-state index contributed by atoms with van der Waals surface area (Å²) >= 11 is 5.87. The van der Waals surface area contributed by atoms with Gasteiger partial charge in [0, 0.05) is 7.05 Å². The fourth-order valence-electron chi connectivity index (χ4n) is 3.03. The van der Waals surface area contributed by atoms with Crippen molar-refractivity contribution in [2.24, 2.45) is 0 Å². The lowest BCUT2D eigenvalue weighted by atomic mass is 9.90. The molecule has 6 nitrogen and oxygen atoms in total. The highest BCUT2D eigenvalue weighted by Gasteiger charge is 2.29. The number of rotatable bonds is 6. The fourth-order valence-corrected chi connectivity index (χ4v) is 3.16. The summed E-state index contributed by atoms with van der Waals surface area (Å²) < 4.78 is 5.06. The molecule has 148 valence electrons. The Morgan fingerprint density at radius 2 is 1.59 bits per heavy atom. The summed E-state index contributed by atoms with van der Waals surface area (Å²) in [6.45, 7) is 1.87. The largest absolute Gasteiger partial charge is 0.461 e. The Morgan fingerprint density at radius 1 is 1.03 bits per heavy atom. The van der Waals surface area contributed by atoms with E-state index in [1.165, 1.54) is 11.1 Å². The molecule has 0 unspecified atom stereocenters. The average molecular weight is 410 g/mol. The molecule has 0 radical (unpaired) electrons. The molecule has 29 heavy (non-hydrogen) atoms. The van der Waals surface area contributed by atoms with Gasteiger partial charge in [0.1, 0.15) is 0 Å². The summed E-state index contributed by atoms with van der Waals surface area (Å²) in [5, 5.41) is -0.0969. The zero-order valence-corrected chi connectivity index (χ0v) is 16.8. The highest BCUT2D eigenvalue weighted by atomic mass is 35.5. The maximum Gasteiger partial charge on any atom is 0.359 e. The highest BCUT2D eigenvalue weighted by Crippen LogP contribution is 2.29. The van der Waals surface area contributed by atoms with Crippen LogP contribution >= 0.6 is 11.6 Å². The van der Waals surface area contributed by atoms with Crippen LogP contribution in [0, 0.1) is 0 Å². The second-order valence-electron chi connectivity index (χ2n) is 6.24. The molecule has 0 aliphatic carbocycles. The number of carbonyl (C=O) groups excluding carboxylic acids is 2. The molecule has 0 spiro atoms. The van der Waals surface area contributed by atoms with Gasteiger partial charge in [-0.2, -0.15) is 0 Å². The number of benzene rings is 2. The van der Waals surface area contributed by atoms with Crippen molar-refractivity contribution in [2.75, 3.05) is 18.6 Å². The minimum atomic E-state index is -0.664. The lowest BCUT2D eigenvalue weighted by molar-refractivity contribution is -0.118. The van der Waals surface area contributed by atoms with Crippen molar-refractivity contribution in [3.05, 3.63) is 89.0 Å². The van der Waals surface area contributed by atoms with E-state index in [-0.39, 0.29) is 29.2 Å². The van der Waals surface area contributed by atoms with E-state index in [0.717, 1.165) is 11.1 Å². The smallest absolute Gasteiger partial charge is 0.359 e. The molecule has 0 saturated carbocycles. The van der Waals surface area contributed by atoms with E-state index in [4.69, 9.17) is 16.3 Å². The number of anilines is 1. The van der Waals surface area contributed by atoms with Crippen molar-refractivity contribution in [1.29, 1.82) is 0 Å². The summed E-state index contributed by atoms with van der Waals surface area (Å²) in [7, 11) is 1.58. The molecule has 1 heterocycles. The summed E-state index contributed by atoms with van der Waals surface area (Å²) in [6.07, 6.45) is 1.35. The zero-order chi connectivity index (χ0) is 20.8. The van der Waals surface area contributed by atoms with Crippen molar-refractivity contribution in [2.45, 2.75) is 12.8 Å². The molecule has 0 aliphatic rings. The Labute approximate surface area is 174 Å². The second kappa shape index (κ2) is 9.30. The van der Waals surface area contributed by atoms with Gasteiger partial charge in [0.2, 0.25) is 11.2 Å². The first-order chi connectivity index (χ1) is 14.0. The minimum absolute atomic E-state index is 0.0532. The van der Waals surface area contributed by atoms with Crippen molar-refractivity contribution in [3.63, 3.8) is 0 Å². The van der Waals surface area contributed by atoms with E-state index in [0.29, 0.717) is 0 Å². The Morgan fingerprint density at radius 3 is 2.10 bits per heavy atom.